The zero-order chi connectivity index (χ0) is 18.6. The van der Waals surface area contributed by atoms with E-state index in [-0.39, 0.29) is 29.3 Å². The summed E-state index contributed by atoms with van der Waals surface area (Å²) in [5.74, 6) is 0.0166. The fourth-order valence-electron chi connectivity index (χ4n) is 2.61. The molecule has 0 aromatic heterocycles. The van der Waals surface area contributed by atoms with Crippen molar-refractivity contribution in [3.63, 3.8) is 0 Å². The second-order valence-electron chi connectivity index (χ2n) is 6.22. The summed E-state index contributed by atoms with van der Waals surface area (Å²) in [5.41, 5.74) is 8.46. The van der Waals surface area contributed by atoms with Crippen LogP contribution in [0.2, 0.25) is 0 Å². The minimum absolute atomic E-state index is 0. The van der Waals surface area contributed by atoms with Gasteiger partial charge in [0.15, 0.2) is 9.84 Å². The van der Waals surface area contributed by atoms with E-state index in [1.807, 2.05) is 31.2 Å². The van der Waals surface area contributed by atoms with Crippen LogP contribution in [0.3, 0.4) is 0 Å². The summed E-state index contributed by atoms with van der Waals surface area (Å²) < 4.78 is 23.1. The number of anilines is 1. The van der Waals surface area contributed by atoms with Gasteiger partial charge in [-0.15, -0.1) is 12.4 Å². The lowest BCUT2D eigenvalue weighted by Gasteiger charge is -2.25. The van der Waals surface area contributed by atoms with Gasteiger partial charge >= 0.3 is 0 Å². The second kappa shape index (κ2) is 9.05. The predicted octanol–water partition coefficient (Wildman–Crippen LogP) is 3.25. The van der Waals surface area contributed by atoms with Gasteiger partial charge in [0, 0.05) is 25.4 Å². The van der Waals surface area contributed by atoms with E-state index in [9.17, 15) is 13.2 Å². The van der Waals surface area contributed by atoms with Crippen molar-refractivity contribution in [3.05, 3.63) is 59.7 Å². The lowest BCUT2D eigenvalue weighted by molar-refractivity contribution is -0.131. The van der Waals surface area contributed by atoms with Crippen LogP contribution in [0.15, 0.2) is 53.4 Å². The molecular weight excluding hydrogens is 372 g/mol. The quantitative estimate of drug-likeness (QED) is 0.760. The maximum absolute atomic E-state index is 12.5. The normalized spacial score (nSPS) is 12.1. The molecule has 1 atom stereocenters. The summed E-state index contributed by atoms with van der Waals surface area (Å²) in [6.07, 6.45) is 2.14. The Labute approximate surface area is 161 Å². The van der Waals surface area contributed by atoms with Gasteiger partial charge < -0.3 is 10.6 Å². The standard InChI is InChI=1S/C19H24N2O3S.ClH/c1-14(15-8-11-17(12-9-15)25(3,23)24)21(2)19(22)13-10-16-6-4-5-7-18(16)20;/h4-9,11-12,14H,10,13,20H2,1-3H3;1H. The van der Waals surface area contributed by atoms with E-state index in [0.29, 0.717) is 18.5 Å². The number of nitrogens with zero attached hydrogens (tertiary/aromatic N) is 1. The molecule has 0 spiro atoms. The number of nitrogen functional groups attached to an aromatic ring is 1. The summed E-state index contributed by atoms with van der Waals surface area (Å²) in [4.78, 5) is 14.4. The van der Waals surface area contributed by atoms with Crippen LogP contribution in [0.1, 0.15) is 30.5 Å². The Kier molecular flexibility index (Phi) is 7.66. The maximum Gasteiger partial charge on any atom is 0.223 e. The fraction of sp³-hybridized carbons (Fsp3) is 0.316. The van der Waals surface area contributed by atoms with E-state index in [1.165, 1.54) is 6.26 Å². The number of hydrogen-bond acceptors (Lipinski definition) is 4. The Morgan fingerprint density at radius 3 is 2.23 bits per heavy atom. The number of carbonyl (C=O) groups is 1. The van der Waals surface area contributed by atoms with Gasteiger partial charge in [0.05, 0.1) is 10.9 Å². The molecule has 0 radical (unpaired) electrons. The molecule has 0 saturated carbocycles. The number of halogens is 1. The number of benzene rings is 2. The van der Waals surface area contributed by atoms with E-state index in [4.69, 9.17) is 5.73 Å². The molecule has 0 aliphatic rings. The smallest absolute Gasteiger partial charge is 0.223 e. The van der Waals surface area contributed by atoms with Crippen LogP contribution in [-0.2, 0) is 21.1 Å². The molecule has 0 aliphatic heterocycles. The molecule has 2 aromatic rings. The van der Waals surface area contributed by atoms with Crippen LogP contribution < -0.4 is 5.73 Å². The van der Waals surface area contributed by atoms with Crippen molar-refractivity contribution in [2.24, 2.45) is 0 Å². The zero-order valence-electron chi connectivity index (χ0n) is 15.2. The number of aryl methyl sites for hydroxylation is 1. The van der Waals surface area contributed by atoms with E-state index < -0.39 is 9.84 Å². The van der Waals surface area contributed by atoms with Crippen molar-refractivity contribution in [2.45, 2.75) is 30.7 Å². The van der Waals surface area contributed by atoms with Gasteiger partial charge in [0.1, 0.15) is 0 Å². The van der Waals surface area contributed by atoms with Crippen LogP contribution >= 0.6 is 12.4 Å². The molecule has 142 valence electrons. The minimum atomic E-state index is -3.22. The van der Waals surface area contributed by atoms with Crippen molar-refractivity contribution in [2.75, 3.05) is 19.0 Å². The molecule has 26 heavy (non-hydrogen) atoms. The molecule has 0 heterocycles. The molecular formula is C19H25ClN2O3S. The first-order valence-electron chi connectivity index (χ1n) is 8.09. The summed E-state index contributed by atoms with van der Waals surface area (Å²) in [5, 5.41) is 0. The summed E-state index contributed by atoms with van der Waals surface area (Å²) >= 11 is 0. The average Bonchev–Trinajstić information content (AvgIpc) is 2.59. The topological polar surface area (TPSA) is 80.5 Å². The first kappa shape index (κ1) is 22.0. The molecule has 2 N–H and O–H groups in total. The number of sulfone groups is 1. The average molecular weight is 397 g/mol. The molecule has 1 unspecified atom stereocenters. The molecule has 2 rings (SSSR count). The number of carbonyl (C=O) groups excluding carboxylic acids is 1. The maximum atomic E-state index is 12.5. The number of rotatable bonds is 6. The molecule has 0 fully saturated rings. The van der Waals surface area contributed by atoms with E-state index >= 15 is 0 Å². The lowest BCUT2D eigenvalue weighted by atomic mass is 10.0. The highest BCUT2D eigenvalue weighted by Gasteiger charge is 2.18. The Morgan fingerprint density at radius 2 is 1.69 bits per heavy atom. The van der Waals surface area contributed by atoms with Crippen molar-refractivity contribution < 1.29 is 13.2 Å². The monoisotopic (exact) mass is 396 g/mol. The Bertz CT molecular complexity index is 851. The van der Waals surface area contributed by atoms with Crippen molar-refractivity contribution >= 4 is 33.8 Å². The molecule has 0 aliphatic carbocycles. The lowest BCUT2D eigenvalue weighted by Crippen LogP contribution is -2.29. The Balaban J connectivity index is 0.00000338. The highest BCUT2D eigenvalue weighted by Crippen LogP contribution is 2.22. The molecule has 1 amide bonds. The van der Waals surface area contributed by atoms with E-state index in [0.717, 1.165) is 11.1 Å². The van der Waals surface area contributed by atoms with Gasteiger partial charge in [-0.1, -0.05) is 30.3 Å². The summed E-state index contributed by atoms with van der Waals surface area (Å²) in [6, 6.07) is 14.0. The number of para-hydroxylation sites is 1. The number of amides is 1. The van der Waals surface area contributed by atoms with E-state index in [1.54, 1.807) is 36.2 Å². The van der Waals surface area contributed by atoms with Crippen molar-refractivity contribution in [3.8, 4) is 0 Å². The third kappa shape index (κ3) is 5.47. The van der Waals surface area contributed by atoms with Gasteiger partial charge in [-0.2, -0.15) is 0 Å². The third-order valence-corrected chi connectivity index (χ3v) is 5.56. The van der Waals surface area contributed by atoms with Crippen molar-refractivity contribution in [1.82, 2.24) is 4.90 Å². The summed E-state index contributed by atoms with van der Waals surface area (Å²) in [6.45, 7) is 1.92. The molecule has 0 bridgehead atoms. The third-order valence-electron chi connectivity index (χ3n) is 4.43. The first-order chi connectivity index (χ1) is 11.7. The van der Waals surface area contributed by atoms with E-state index in [2.05, 4.69) is 0 Å². The SMILES string of the molecule is CC(c1ccc(S(C)(=O)=O)cc1)N(C)C(=O)CCc1ccccc1N.Cl. The first-order valence-corrected chi connectivity index (χ1v) is 9.98. The van der Waals surface area contributed by atoms with Crippen LogP contribution in [0, 0.1) is 0 Å². The zero-order valence-corrected chi connectivity index (χ0v) is 16.8. The number of hydrogen-bond donors (Lipinski definition) is 1. The molecule has 5 nitrogen and oxygen atoms in total. The van der Waals surface area contributed by atoms with Crippen LogP contribution in [0.4, 0.5) is 5.69 Å². The highest BCUT2D eigenvalue weighted by atomic mass is 35.5. The number of nitrogens with two attached hydrogens (primary N) is 1. The highest BCUT2D eigenvalue weighted by molar-refractivity contribution is 7.90. The largest absolute Gasteiger partial charge is 0.399 e. The van der Waals surface area contributed by atoms with Gasteiger partial charge in [-0.05, 0) is 42.7 Å². The predicted molar refractivity (Wildman–Crippen MR) is 107 cm³/mol. The fourth-order valence-corrected chi connectivity index (χ4v) is 3.24. The van der Waals surface area contributed by atoms with Crippen LogP contribution in [0.5, 0.6) is 0 Å². The molecule has 2 aromatic carbocycles. The van der Waals surface area contributed by atoms with Gasteiger partial charge in [-0.3, -0.25) is 4.79 Å². The van der Waals surface area contributed by atoms with Crippen LogP contribution in [0.25, 0.3) is 0 Å². The van der Waals surface area contributed by atoms with Crippen LogP contribution in [-0.4, -0.2) is 32.5 Å². The van der Waals surface area contributed by atoms with Gasteiger partial charge in [0.2, 0.25) is 5.91 Å². The summed E-state index contributed by atoms with van der Waals surface area (Å²) in [7, 11) is -1.46. The van der Waals surface area contributed by atoms with Gasteiger partial charge in [0.25, 0.3) is 0 Å². The van der Waals surface area contributed by atoms with Gasteiger partial charge in [-0.25, -0.2) is 8.42 Å². The Hall–Kier alpha value is -2.05. The molecule has 7 heteroatoms. The van der Waals surface area contributed by atoms with Crippen molar-refractivity contribution in [1.29, 1.82) is 0 Å². The Morgan fingerprint density at radius 1 is 1.12 bits per heavy atom. The second-order valence-corrected chi connectivity index (χ2v) is 8.24. The minimum Gasteiger partial charge on any atom is -0.399 e. The molecule has 0 saturated heterocycles.